The van der Waals surface area contributed by atoms with Gasteiger partial charge in [-0.2, -0.15) is 0 Å². The smallest absolute Gasteiger partial charge is 0.328 e. The zero-order chi connectivity index (χ0) is 14.1. The van der Waals surface area contributed by atoms with Crippen LogP contribution >= 0.6 is 0 Å². The van der Waals surface area contributed by atoms with E-state index in [1.807, 2.05) is 6.07 Å². The highest BCUT2D eigenvalue weighted by molar-refractivity contribution is 5.80. The van der Waals surface area contributed by atoms with Crippen LogP contribution < -0.4 is 9.47 Å². The summed E-state index contributed by atoms with van der Waals surface area (Å²) in [4.78, 5) is 10.3. The Hall–Kier alpha value is -2.27. The van der Waals surface area contributed by atoms with Crippen molar-refractivity contribution in [1.29, 1.82) is 0 Å². The van der Waals surface area contributed by atoms with Crippen molar-refractivity contribution in [3.8, 4) is 11.5 Å². The van der Waals surface area contributed by atoms with Crippen LogP contribution in [0.25, 0.3) is 6.08 Å². The number of hydrogen-bond acceptors (Lipinski definition) is 4. The average molecular weight is 264 g/mol. The fourth-order valence-corrected chi connectivity index (χ4v) is 1.33. The Balaban J connectivity index is 2.78. The Morgan fingerprint density at radius 1 is 1.26 bits per heavy atom. The van der Waals surface area contributed by atoms with Gasteiger partial charge in [-0.3, -0.25) is 0 Å². The summed E-state index contributed by atoms with van der Waals surface area (Å²) in [6.45, 7) is 0.146. The number of methoxy groups -OCH3 is 2. The summed E-state index contributed by atoms with van der Waals surface area (Å²) in [5, 5.41) is 8.44. The van der Waals surface area contributed by atoms with Crippen LogP contribution in [0.15, 0.2) is 36.4 Å². The molecule has 0 aliphatic carbocycles. The summed E-state index contributed by atoms with van der Waals surface area (Å²) in [7, 11) is 3.09. The first-order valence-electron chi connectivity index (χ1n) is 5.55. The maximum Gasteiger partial charge on any atom is 0.328 e. The summed E-state index contributed by atoms with van der Waals surface area (Å²) in [6.07, 6.45) is 5.91. The van der Waals surface area contributed by atoms with Crippen molar-refractivity contribution in [2.24, 2.45) is 0 Å². The van der Waals surface area contributed by atoms with Crippen molar-refractivity contribution in [3.05, 3.63) is 42.0 Å². The Kier molecular flexibility index (Phi) is 6.18. The molecule has 0 spiro atoms. The fraction of sp³-hybridized carbons (Fsp3) is 0.214. The largest absolute Gasteiger partial charge is 0.493 e. The van der Waals surface area contributed by atoms with Crippen LogP contribution in [0, 0.1) is 0 Å². The molecule has 1 N–H and O–H groups in total. The molecule has 0 heterocycles. The number of carboxylic acid groups (broad SMARTS) is 1. The minimum Gasteiger partial charge on any atom is -0.493 e. The first-order chi connectivity index (χ1) is 9.17. The Labute approximate surface area is 111 Å². The topological polar surface area (TPSA) is 65.0 Å². The lowest BCUT2D eigenvalue weighted by Gasteiger charge is -2.10. The molecule has 0 aromatic heterocycles. The molecular formula is C14H16O5. The number of carbonyl (C=O) groups is 1. The molecule has 0 radical (unpaired) electrons. The van der Waals surface area contributed by atoms with E-state index in [4.69, 9.17) is 19.3 Å². The van der Waals surface area contributed by atoms with E-state index in [1.54, 1.807) is 38.5 Å². The van der Waals surface area contributed by atoms with E-state index in [-0.39, 0.29) is 6.79 Å². The van der Waals surface area contributed by atoms with Gasteiger partial charge in [-0.15, -0.1) is 0 Å². The van der Waals surface area contributed by atoms with Gasteiger partial charge in [-0.1, -0.05) is 24.3 Å². The Morgan fingerprint density at radius 2 is 2.05 bits per heavy atom. The average Bonchev–Trinajstić information content (AvgIpc) is 2.41. The molecule has 0 aliphatic rings. The number of carboxylic acids is 1. The zero-order valence-electron chi connectivity index (χ0n) is 10.8. The number of allylic oxidation sites excluding steroid dienone is 2. The van der Waals surface area contributed by atoms with E-state index in [0.29, 0.717) is 11.5 Å². The van der Waals surface area contributed by atoms with Gasteiger partial charge in [0.15, 0.2) is 18.3 Å². The molecule has 5 nitrogen and oxygen atoms in total. The normalized spacial score (nSPS) is 11.1. The highest BCUT2D eigenvalue weighted by atomic mass is 16.7. The Morgan fingerprint density at radius 3 is 2.68 bits per heavy atom. The second-order valence-electron chi connectivity index (χ2n) is 3.52. The summed E-state index contributed by atoms with van der Waals surface area (Å²) < 4.78 is 15.3. The van der Waals surface area contributed by atoms with E-state index in [1.165, 1.54) is 6.08 Å². The summed E-state index contributed by atoms with van der Waals surface area (Å²) >= 11 is 0. The molecule has 0 saturated heterocycles. The van der Waals surface area contributed by atoms with Crippen molar-refractivity contribution in [2.75, 3.05) is 21.0 Å². The number of benzene rings is 1. The molecule has 0 atom stereocenters. The van der Waals surface area contributed by atoms with Crippen LogP contribution in [-0.4, -0.2) is 32.1 Å². The SMILES string of the molecule is COCOc1ccc(/C=C/C=C/C(=O)O)cc1OC. The van der Waals surface area contributed by atoms with Crippen molar-refractivity contribution in [2.45, 2.75) is 0 Å². The van der Waals surface area contributed by atoms with Gasteiger partial charge in [-0.25, -0.2) is 4.79 Å². The van der Waals surface area contributed by atoms with Crippen LogP contribution in [0.4, 0.5) is 0 Å². The lowest BCUT2D eigenvalue weighted by atomic mass is 10.2. The Bertz CT molecular complexity index is 477. The third kappa shape index (κ3) is 5.27. The van der Waals surface area contributed by atoms with Crippen LogP contribution in [0.5, 0.6) is 11.5 Å². The minimum absolute atomic E-state index is 0.146. The maximum absolute atomic E-state index is 10.3. The molecule has 5 heteroatoms. The second-order valence-corrected chi connectivity index (χ2v) is 3.52. The number of ether oxygens (including phenoxy) is 3. The van der Waals surface area contributed by atoms with Gasteiger partial charge in [0, 0.05) is 13.2 Å². The summed E-state index contributed by atoms with van der Waals surface area (Å²) in [5.41, 5.74) is 0.872. The summed E-state index contributed by atoms with van der Waals surface area (Å²) in [5.74, 6) is 0.189. The van der Waals surface area contributed by atoms with Crippen LogP contribution in [0.1, 0.15) is 5.56 Å². The van der Waals surface area contributed by atoms with Gasteiger partial charge >= 0.3 is 5.97 Å². The lowest BCUT2D eigenvalue weighted by molar-refractivity contribution is -0.131. The monoisotopic (exact) mass is 264 g/mol. The van der Waals surface area contributed by atoms with Gasteiger partial charge in [0.25, 0.3) is 0 Å². The van der Waals surface area contributed by atoms with Crippen LogP contribution in [-0.2, 0) is 9.53 Å². The first-order valence-corrected chi connectivity index (χ1v) is 5.55. The molecule has 0 saturated carbocycles. The van der Waals surface area contributed by atoms with Crippen molar-refractivity contribution in [1.82, 2.24) is 0 Å². The number of aliphatic carboxylic acids is 1. The van der Waals surface area contributed by atoms with E-state index in [9.17, 15) is 4.79 Å². The lowest BCUT2D eigenvalue weighted by Crippen LogP contribution is -2.00. The molecule has 0 aliphatic heterocycles. The van der Waals surface area contributed by atoms with E-state index < -0.39 is 5.97 Å². The minimum atomic E-state index is -0.981. The van der Waals surface area contributed by atoms with Gasteiger partial charge in [0.1, 0.15) is 0 Å². The third-order valence-corrected chi connectivity index (χ3v) is 2.16. The quantitative estimate of drug-likeness (QED) is 0.465. The van der Waals surface area contributed by atoms with Crippen molar-refractivity contribution in [3.63, 3.8) is 0 Å². The summed E-state index contributed by atoms with van der Waals surface area (Å²) in [6, 6.07) is 5.38. The molecule has 1 aromatic carbocycles. The molecule has 0 fully saturated rings. The van der Waals surface area contributed by atoms with Gasteiger partial charge < -0.3 is 19.3 Å². The van der Waals surface area contributed by atoms with Crippen molar-refractivity contribution >= 4 is 12.0 Å². The molecule has 19 heavy (non-hydrogen) atoms. The van der Waals surface area contributed by atoms with Gasteiger partial charge in [0.2, 0.25) is 0 Å². The molecule has 0 amide bonds. The highest BCUT2D eigenvalue weighted by Crippen LogP contribution is 2.28. The number of rotatable bonds is 7. The fourth-order valence-electron chi connectivity index (χ4n) is 1.33. The van der Waals surface area contributed by atoms with Gasteiger partial charge in [-0.05, 0) is 17.7 Å². The molecule has 0 bridgehead atoms. The molecule has 1 rings (SSSR count). The molecule has 0 unspecified atom stereocenters. The van der Waals surface area contributed by atoms with Crippen LogP contribution in [0.2, 0.25) is 0 Å². The number of hydrogen-bond donors (Lipinski definition) is 1. The van der Waals surface area contributed by atoms with Crippen LogP contribution in [0.3, 0.4) is 0 Å². The second kappa shape index (κ2) is 7.94. The zero-order valence-corrected chi connectivity index (χ0v) is 10.8. The molecule has 102 valence electrons. The van der Waals surface area contributed by atoms with E-state index in [2.05, 4.69) is 0 Å². The standard InChI is InChI=1S/C14H16O5/c1-17-10-19-12-8-7-11(9-13(12)18-2)5-3-4-6-14(15)16/h3-9H,10H2,1-2H3,(H,15,16)/b5-3+,6-4+. The maximum atomic E-state index is 10.3. The third-order valence-electron chi connectivity index (χ3n) is 2.16. The van der Waals surface area contributed by atoms with E-state index >= 15 is 0 Å². The predicted molar refractivity (Wildman–Crippen MR) is 71.3 cm³/mol. The highest BCUT2D eigenvalue weighted by Gasteiger charge is 2.04. The molecular weight excluding hydrogens is 248 g/mol. The van der Waals surface area contributed by atoms with Crippen molar-refractivity contribution < 1.29 is 24.1 Å². The van der Waals surface area contributed by atoms with Gasteiger partial charge in [0.05, 0.1) is 7.11 Å². The van der Waals surface area contributed by atoms with E-state index in [0.717, 1.165) is 11.6 Å². The molecule has 1 aromatic rings. The predicted octanol–water partition coefficient (Wildman–Crippen LogP) is 2.33. The first kappa shape index (κ1) is 14.8.